The molecule has 0 aliphatic carbocycles. The van der Waals surface area contributed by atoms with Crippen LogP contribution in [0.2, 0.25) is 0 Å². The van der Waals surface area contributed by atoms with E-state index in [0.717, 1.165) is 32.4 Å². The highest BCUT2D eigenvalue weighted by Gasteiger charge is 2.29. The van der Waals surface area contributed by atoms with Gasteiger partial charge in [-0.05, 0) is 42.7 Å². The molecule has 1 fully saturated rings. The molecular formula is C18H25NOS. The van der Waals surface area contributed by atoms with E-state index in [1.54, 1.807) is 0 Å². The maximum Gasteiger partial charge on any atom is 0.222 e. The summed E-state index contributed by atoms with van der Waals surface area (Å²) in [5.41, 5.74) is 1.45. The highest BCUT2D eigenvalue weighted by molar-refractivity contribution is 8.00. The molecule has 2 aliphatic heterocycles. The molecule has 0 bridgehead atoms. The Kier molecular flexibility index (Phi) is 4.58. The molecule has 0 spiro atoms. The monoisotopic (exact) mass is 303 g/mol. The van der Waals surface area contributed by atoms with Crippen LogP contribution >= 0.6 is 11.8 Å². The quantitative estimate of drug-likeness (QED) is 0.841. The first kappa shape index (κ1) is 15.0. The fourth-order valence-electron chi connectivity index (χ4n) is 3.52. The van der Waals surface area contributed by atoms with Crippen molar-refractivity contribution in [3.63, 3.8) is 0 Å². The number of nitrogens with zero attached hydrogens (tertiary/aromatic N) is 1. The minimum atomic E-state index is 0.370. The number of amides is 1. The molecule has 0 saturated carbocycles. The van der Waals surface area contributed by atoms with E-state index in [2.05, 4.69) is 43.0 Å². The van der Waals surface area contributed by atoms with Gasteiger partial charge in [-0.25, -0.2) is 0 Å². The van der Waals surface area contributed by atoms with E-state index in [4.69, 9.17) is 0 Å². The molecule has 0 radical (unpaired) electrons. The molecule has 2 aliphatic rings. The van der Waals surface area contributed by atoms with Crippen LogP contribution in [0.1, 0.15) is 38.7 Å². The van der Waals surface area contributed by atoms with E-state index in [0.29, 0.717) is 23.0 Å². The van der Waals surface area contributed by atoms with Crippen molar-refractivity contribution in [2.45, 2.75) is 49.7 Å². The van der Waals surface area contributed by atoms with E-state index >= 15 is 0 Å². The Morgan fingerprint density at radius 1 is 1.29 bits per heavy atom. The molecule has 2 heterocycles. The maximum absolute atomic E-state index is 12.4. The van der Waals surface area contributed by atoms with Crippen LogP contribution in [-0.4, -0.2) is 29.1 Å². The summed E-state index contributed by atoms with van der Waals surface area (Å²) >= 11 is 1.95. The van der Waals surface area contributed by atoms with Gasteiger partial charge in [0, 0.05) is 29.7 Å². The van der Waals surface area contributed by atoms with Gasteiger partial charge in [0.05, 0.1) is 0 Å². The first-order valence-corrected chi connectivity index (χ1v) is 9.04. The van der Waals surface area contributed by atoms with E-state index < -0.39 is 0 Å². The highest BCUT2D eigenvalue weighted by atomic mass is 32.2. The van der Waals surface area contributed by atoms with Crippen molar-refractivity contribution in [3.05, 3.63) is 29.8 Å². The molecule has 2 unspecified atom stereocenters. The summed E-state index contributed by atoms with van der Waals surface area (Å²) in [6.45, 7) is 6.45. The predicted molar refractivity (Wildman–Crippen MR) is 88.6 cm³/mol. The van der Waals surface area contributed by atoms with Crippen LogP contribution in [0.3, 0.4) is 0 Å². The average Bonchev–Trinajstić information content (AvgIpc) is 2.78. The normalized spacial score (nSPS) is 26.0. The van der Waals surface area contributed by atoms with Gasteiger partial charge in [-0.15, -0.1) is 11.8 Å². The summed E-state index contributed by atoms with van der Waals surface area (Å²) in [6, 6.07) is 8.66. The summed E-state index contributed by atoms with van der Waals surface area (Å²) in [6.07, 6.45) is 4.10. The Hall–Kier alpha value is -0.960. The minimum absolute atomic E-state index is 0.370. The fourth-order valence-corrected chi connectivity index (χ4v) is 4.86. The number of carbonyl (C=O) groups excluding carboxylic acids is 1. The van der Waals surface area contributed by atoms with Crippen molar-refractivity contribution in [2.75, 3.05) is 13.1 Å². The zero-order chi connectivity index (χ0) is 14.8. The summed E-state index contributed by atoms with van der Waals surface area (Å²) < 4.78 is 0. The number of benzene rings is 1. The molecule has 1 aromatic carbocycles. The first-order valence-electron chi connectivity index (χ1n) is 8.16. The standard InChI is InChI=1S/C18H25NOS/c1-13(2)14-7-8-18(20)19(10-9-14)12-16-11-15-5-3-4-6-17(15)21-16/h3-6,13-14,16H,7-12H2,1-2H3. The van der Waals surface area contributed by atoms with Crippen molar-refractivity contribution >= 4 is 17.7 Å². The van der Waals surface area contributed by atoms with Gasteiger partial charge in [-0.3, -0.25) is 4.79 Å². The van der Waals surface area contributed by atoms with Gasteiger partial charge in [0.25, 0.3) is 0 Å². The van der Waals surface area contributed by atoms with E-state index in [1.807, 2.05) is 11.8 Å². The van der Waals surface area contributed by atoms with Crippen LogP contribution in [0.15, 0.2) is 29.2 Å². The molecule has 3 rings (SSSR count). The Morgan fingerprint density at radius 3 is 2.86 bits per heavy atom. The smallest absolute Gasteiger partial charge is 0.222 e. The third kappa shape index (κ3) is 3.45. The van der Waals surface area contributed by atoms with Gasteiger partial charge in [-0.2, -0.15) is 0 Å². The molecule has 0 aromatic heterocycles. The van der Waals surface area contributed by atoms with Crippen molar-refractivity contribution < 1.29 is 4.79 Å². The Morgan fingerprint density at radius 2 is 2.10 bits per heavy atom. The third-order valence-electron chi connectivity index (χ3n) is 4.93. The van der Waals surface area contributed by atoms with Crippen LogP contribution in [0.5, 0.6) is 0 Å². The average molecular weight is 303 g/mol. The summed E-state index contributed by atoms with van der Waals surface area (Å²) in [5, 5.41) is 0.543. The van der Waals surface area contributed by atoms with Gasteiger partial charge in [0.15, 0.2) is 0 Å². The SMILES string of the molecule is CC(C)C1CCC(=O)N(CC2Cc3ccccc3S2)CC1. The zero-order valence-corrected chi connectivity index (χ0v) is 13.9. The van der Waals surface area contributed by atoms with Gasteiger partial charge in [0.2, 0.25) is 5.91 Å². The van der Waals surface area contributed by atoms with Gasteiger partial charge < -0.3 is 4.90 Å². The summed E-state index contributed by atoms with van der Waals surface area (Å²) in [5.74, 6) is 1.78. The number of thioether (sulfide) groups is 1. The summed E-state index contributed by atoms with van der Waals surface area (Å²) in [7, 11) is 0. The largest absolute Gasteiger partial charge is 0.342 e. The Balaban J connectivity index is 1.59. The van der Waals surface area contributed by atoms with Gasteiger partial charge in [-0.1, -0.05) is 32.0 Å². The Bertz CT molecular complexity index is 489. The minimum Gasteiger partial charge on any atom is -0.342 e. The number of rotatable bonds is 3. The lowest BCUT2D eigenvalue weighted by atomic mass is 9.89. The third-order valence-corrected chi connectivity index (χ3v) is 6.23. The van der Waals surface area contributed by atoms with Crippen LogP contribution in [0, 0.1) is 11.8 Å². The predicted octanol–water partition coefficient (Wildman–Crippen LogP) is 3.99. The molecule has 1 aromatic rings. The van der Waals surface area contributed by atoms with Crippen LogP contribution < -0.4 is 0 Å². The maximum atomic E-state index is 12.4. The molecule has 3 heteroatoms. The lowest BCUT2D eigenvalue weighted by molar-refractivity contribution is -0.130. The van der Waals surface area contributed by atoms with Crippen LogP contribution in [-0.2, 0) is 11.2 Å². The first-order chi connectivity index (χ1) is 10.1. The number of hydrogen-bond donors (Lipinski definition) is 0. The topological polar surface area (TPSA) is 20.3 Å². The summed E-state index contributed by atoms with van der Waals surface area (Å²) in [4.78, 5) is 15.9. The molecule has 0 N–H and O–H groups in total. The van der Waals surface area contributed by atoms with E-state index in [-0.39, 0.29) is 0 Å². The molecule has 2 nitrogen and oxygen atoms in total. The lowest BCUT2D eigenvalue weighted by Gasteiger charge is -2.24. The number of likely N-dealkylation sites (tertiary alicyclic amines) is 1. The van der Waals surface area contributed by atoms with E-state index in [9.17, 15) is 4.79 Å². The van der Waals surface area contributed by atoms with Crippen molar-refractivity contribution in [2.24, 2.45) is 11.8 Å². The van der Waals surface area contributed by atoms with E-state index in [1.165, 1.54) is 16.9 Å². The second-order valence-corrected chi connectivity index (χ2v) is 8.07. The fraction of sp³-hybridized carbons (Fsp3) is 0.611. The van der Waals surface area contributed by atoms with Crippen molar-refractivity contribution in [3.8, 4) is 0 Å². The second-order valence-electron chi connectivity index (χ2n) is 6.72. The molecule has 1 saturated heterocycles. The lowest BCUT2D eigenvalue weighted by Crippen LogP contribution is -2.36. The second kappa shape index (κ2) is 6.43. The van der Waals surface area contributed by atoms with Crippen molar-refractivity contribution in [1.82, 2.24) is 4.90 Å². The number of carbonyl (C=O) groups is 1. The Labute approximate surface area is 132 Å². The molecule has 21 heavy (non-hydrogen) atoms. The molecule has 2 atom stereocenters. The zero-order valence-electron chi connectivity index (χ0n) is 13.0. The van der Waals surface area contributed by atoms with Crippen molar-refractivity contribution in [1.29, 1.82) is 0 Å². The molecular weight excluding hydrogens is 278 g/mol. The van der Waals surface area contributed by atoms with Gasteiger partial charge in [0.1, 0.15) is 0 Å². The number of fused-ring (bicyclic) bond motifs is 1. The van der Waals surface area contributed by atoms with Crippen LogP contribution in [0.25, 0.3) is 0 Å². The molecule has 114 valence electrons. The molecule has 1 amide bonds. The number of hydrogen-bond acceptors (Lipinski definition) is 2. The van der Waals surface area contributed by atoms with Crippen LogP contribution in [0.4, 0.5) is 0 Å². The van der Waals surface area contributed by atoms with Gasteiger partial charge >= 0.3 is 0 Å². The highest BCUT2D eigenvalue weighted by Crippen LogP contribution is 2.37.